The topological polar surface area (TPSA) is 250 Å². The number of aliphatic hydroxyl groups is 2. The monoisotopic (exact) mass is 1050 g/mol. The maximum Gasteiger partial charge on any atom is 0.509 e. The minimum absolute atomic E-state index is 0.0407. The van der Waals surface area contributed by atoms with Crippen LogP contribution in [0.15, 0.2) is 18.2 Å². The Morgan fingerprint density at radius 1 is 0.905 bits per heavy atom. The van der Waals surface area contributed by atoms with Crippen LogP contribution >= 0.6 is 0 Å². The van der Waals surface area contributed by atoms with E-state index in [2.05, 4.69) is 10.9 Å². The second-order valence-corrected chi connectivity index (χ2v) is 21.4. The minimum atomic E-state index is -1.65. The van der Waals surface area contributed by atoms with Crippen LogP contribution in [0, 0.1) is 17.8 Å². The number of carbonyl (C=O) groups excluding carboxylic acids is 4. The molecule has 1 aromatic rings. The molecular weight excluding hydrogens is 969 g/mol. The van der Waals surface area contributed by atoms with Gasteiger partial charge in [-0.25, -0.2) is 15.0 Å². The van der Waals surface area contributed by atoms with E-state index >= 15 is 0 Å². The van der Waals surface area contributed by atoms with Crippen molar-refractivity contribution >= 4 is 30.2 Å². The van der Waals surface area contributed by atoms with Gasteiger partial charge < -0.3 is 72.0 Å². The molecule has 22 heteroatoms. The normalized spacial score (nSPS) is 38.6. The summed E-state index contributed by atoms with van der Waals surface area (Å²) in [6, 6.07) is 2.55. The number of ether oxygens (including phenoxy) is 12. The highest BCUT2D eigenvalue weighted by Gasteiger charge is 2.58. The van der Waals surface area contributed by atoms with Crippen molar-refractivity contribution in [2.24, 2.45) is 17.8 Å². The van der Waals surface area contributed by atoms with Crippen LogP contribution < -0.4 is 25.1 Å². The van der Waals surface area contributed by atoms with Gasteiger partial charge in [-0.05, 0) is 119 Å². The van der Waals surface area contributed by atoms with Crippen LogP contribution in [0.3, 0.4) is 0 Å². The molecule has 0 radical (unpaired) electrons. The standard InChI is InChI=1S/C52H84N4O18/c1-18-37-52(10)44(73-49(61)74-52)31(6)56(13)26-27(2)24-50(8,62)43(71-47-40(58)34(55(11)12)21-28(3)67-47)29(4)41(30(5)46(59)69-37)70-39-25-51(9,66-17)45(32(7)68-39)72-48(60)54-53-38(57)20-19-33-22-35(63-14)42(65-16)36(23-33)64-15/h19-20,22-23,27-32,34,37,39-41,43-45,47,58,62H,18,21,24-26H2,1-17H3,(H,53,57)(H,54,60)/b20-19+/t27-,28-,29+,30-,31-,32-,34+,37+,39-,40-,41+,43-,44-,45-,47+,50-,51+,52-/m0/s1. The van der Waals surface area contributed by atoms with Crippen molar-refractivity contribution in [1.82, 2.24) is 20.7 Å². The zero-order valence-electron chi connectivity index (χ0n) is 46.3. The Hall–Kier alpha value is -4.52. The number of benzene rings is 1. The van der Waals surface area contributed by atoms with Crippen molar-refractivity contribution in [1.29, 1.82) is 0 Å². The fourth-order valence-electron chi connectivity index (χ4n) is 11.2. The molecule has 18 atom stereocenters. The van der Waals surface area contributed by atoms with Crippen LogP contribution in [0.1, 0.15) is 100 Å². The third-order valence-corrected chi connectivity index (χ3v) is 15.3. The van der Waals surface area contributed by atoms with Crippen LogP contribution in [0.5, 0.6) is 17.2 Å². The number of esters is 1. The number of aliphatic hydroxyl groups excluding tert-OH is 1. The largest absolute Gasteiger partial charge is 0.509 e. The number of amides is 2. The Bertz CT molecular complexity index is 2090. The number of hydrazine groups is 1. The van der Waals surface area contributed by atoms with E-state index in [4.69, 9.17) is 56.8 Å². The van der Waals surface area contributed by atoms with Gasteiger partial charge in [-0.15, -0.1) is 0 Å². The smallest absolute Gasteiger partial charge is 0.493 e. The number of rotatable bonds is 13. The van der Waals surface area contributed by atoms with E-state index in [1.165, 1.54) is 40.6 Å². The van der Waals surface area contributed by atoms with Crippen molar-refractivity contribution in [2.45, 2.75) is 185 Å². The summed E-state index contributed by atoms with van der Waals surface area (Å²) in [4.78, 5) is 57.8. The number of carbonyl (C=O) groups is 4. The summed E-state index contributed by atoms with van der Waals surface area (Å²) < 4.78 is 72.6. The lowest BCUT2D eigenvalue weighted by molar-refractivity contribution is -0.317. The minimum Gasteiger partial charge on any atom is -0.493 e. The van der Waals surface area contributed by atoms with Crippen LogP contribution in [0.25, 0.3) is 6.08 Å². The zero-order chi connectivity index (χ0) is 55.2. The number of hydrogen-bond acceptors (Lipinski definition) is 20. The van der Waals surface area contributed by atoms with Crippen molar-refractivity contribution in [3.8, 4) is 17.2 Å². The second-order valence-electron chi connectivity index (χ2n) is 21.4. The van der Waals surface area contributed by atoms with Crippen LogP contribution in [-0.2, 0) is 52.2 Å². The molecule has 5 rings (SSSR count). The summed E-state index contributed by atoms with van der Waals surface area (Å²) in [5.41, 5.74) is 0.817. The molecule has 2 amide bonds. The lowest BCUT2D eigenvalue weighted by Crippen LogP contribution is -2.61. The van der Waals surface area contributed by atoms with E-state index in [0.717, 1.165) is 0 Å². The van der Waals surface area contributed by atoms with Crippen molar-refractivity contribution in [3.63, 3.8) is 0 Å². The van der Waals surface area contributed by atoms with Crippen LogP contribution in [-0.4, -0.2) is 191 Å². The molecule has 0 spiro atoms. The van der Waals surface area contributed by atoms with E-state index in [-0.39, 0.29) is 37.3 Å². The predicted octanol–water partition coefficient (Wildman–Crippen LogP) is 4.59. The Kier molecular flexibility index (Phi) is 20.5. The highest BCUT2D eigenvalue weighted by Crippen LogP contribution is 2.43. The summed E-state index contributed by atoms with van der Waals surface area (Å²) in [6.07, 6.45) is -8.04. The Morgan fingerprint density at radius 2 is 1.55 bits per heavy atom. The van der Waals surface area contributed by atoms with Crippen LogP contribution in [0.4, 0.5) is 9.59 Å². The first-order chi connectivity index (χ1) is 34.7. The summed E-state index contributed by atoms with van der Waals surface area (Å²) in [5, 5.41) is 24.6. The average molecular weight is 1050 g/mol. The van der Waals surface area contributed by atoms with Crippen molar-refractivity contribution in [3.05, 3.63) is 23.8 Å². The van der Waals surface area contributed by atoms with Gasteiger partial charge in [-0.3, -0.25) is 19.9 Å². The Morgan fingerprint density at radius 3 is 2.14 bits per heavy atom. The molecule has 4 N–H and O–H groups in total. The third-order valence-electron chi connectivity index (χ3n) is 15.3. The molecule has 0 saturated carbocycles. The van der Waals surface area contributed by atoms with Gasteiger partial charge in [0.15, 0.2) is 41.9 Å². The fourth-order valence-corrected chi connectivity index (χ4v) is 11.2. The predicted molar refractivity (Wildman–Crippen MR) is 268 cm³/mol. The highest BCUT2D eigenvalue weighted by atomic mass is 16.8. The van der Waals surface area contributed by atoms with Crippen LogP contribution in [0.2, 0.25) is 0 Å². The molecule has 0 aliphatic carbocycles. The molecule has 22 nitrogen and oxygen atoms in total. The molecule has 0 bridgehead atoms. The molecular formula is C52H84N4O18. The molecule has 74 heavy (non-hydrogen) atoms. The summed E-state index contributed by atoms with van der Waals surface area (Å²) in [7, 11) is 11.5. The average Bonchev–Trinajstić information content (AvgIpc) is 3.66. The fraction of sp³-hybridized carbons (Fsp3) is 0.769. The molecule has 0 unspecified atom stereocenters. The molecule has 420 valence electrons. The Balaban J connectivity index is 1.44. The first-order valence-corrected chi connectivity index (χ1v) is 25.5. The molecule has 4 aliphatic rings. The van der Waals surface area contributed by atoms with Gasteiger partial charge in [-0.1, -0.05) is 20.8 Å². The molecule has 4 fully saturated rings. The summed E-state index contributed by atoms with van der Waals surface area (Å²) in [6.45, 7) is 18.2. The van der Waals surface area contributed by atoms with Gasteiger partial charge in [0.25, 0.3) is 5.91 Å². The number of nitrogens with zero attached hydrogens (tertiary/aromatic N) is 2. The van der Waals surface area contributed by atoms with Gasteiger partial charge in [0, 0.05) is 44.2 Å². The lowest BCUT2D eigenvalue weighted by Gasteiger charge is -2.49. The van der Waals surface area contributed by atoms with Gasteiger partial charge in [-0.2, -0.15) is 0 Å². The van der Waals surface area contributed by atoms with Gasteiger partial charge in [0.2, 0.25) is 5.75 Å². The quantitative estimate of drug-likeness (QED) is 0.0913. The summed E-state index contributed by atoms with van der Waals surface area (Å²) >= 11 is 0. The highest BCUT2D eigenvalue weighted by molar-refractivity contribution is 5.92. The maximum atomic E-state index is 14.8. The molecule has 4 heterocycles. The number of hydrogen-bond donors (Lipinski definition) is 4. The SMILES string of the molecule is CC[C@H]1OC(=O)[C@@H](C)[C@H](O[C@H]2C[C@@](C)(OC)[C@@H](OC(=O)NNC(=O)/C=C/c3cc(OC)c(OC)c(OC)c3)[C@H](C)O2)[C@@H](C)[C@H](O[C@H]2O[C@@H](C)C[C@@H](N(C)C)[C@@H]2O)[C@@](C)(O)C[C@H](C)CN(C)[C@@H](C)[C@@H]2OC(=O)O[C@@]12C. The first-order valence-electron chi connectivity index (χ1n) is 25.5. The summed E-state index contributed by atoms with van der Waals surface area (Å²) in [5.74, 6) is -2.39. The third kappa shape index (κ3) is 13.7. The second kappa shape index (κ2) is 25.1. The van der Waals surface area contributed by atoms with Crippen molar-refractivity contribution in [2.75, 3.05) is 56.1 Å². The number of cyclic esters (lactones) is 1. The number of nitrogens with one attached hydrogen (secondary N) is 2. The molecule has 0 aromatic heterocycles. The maximum absolute atomic E-state index is 14.8. The lowest BCUT2D eigenvalue weighted by atomic mass is 9.77. The van der Waals surface area contributed by atoms with Gasteiger partial charge in [0.1, 0.15) is 17.8 Å². The number of likely N-dealkylation sites (N-methyl/N-ethyl adjacent to an activating group) is 2. The van der Waals surface area contributed by atoms with E-state index in [9.17, 15) is 29.4 Å². The zero-order valence-corrected chi connectivity index (χ0v) is 46.3. The molecule has 4 saturated heterocycles. The van der Waals surface area contributed by atoms with Gasteiger partial charge in [0.05, 0.1) is 57.3 Å². The van der Waals surface area contributed by atoms with E-state index in [0.29, 0.717) is 35.8 Å². The van der Waals surface area contributed by atoms with E-state index in [1.807, 2.05) is 58.6 Å². The van der Waals surface area contributed by atoms with E-state index in [1.54, 1.807) is 53.7 Å². The Labute approximate surface area is 436 Å². The first kappa shape index (κ1) is 60.3. The van der Waals surface area contributed by atoms with E-state index < -0.39 is 114 Å². The molecule has 1 aromatic carbocycles. The molecule has 4 aliphatic heterocycles. The van der Waals surface area contributed by atoms with Crippen molar-refractivity contribution < 1.29 is 86.2 Å². The number of methoxy groups -OCH3 is 4. The van der Waals surface area contributed by atoms with Gasteiger partial charge >= 0.3 is 18.2 Å². The number of fused-ring (bicyclic) bond motifs is 1.